The summed E-state index contributed by atoms with van der Waals surface area (Å²) in [6, 6.07) is 12.4. The highest BCUT2D eigenvalue weighted by Crippen LogP contribution is 2.44. The van der Waals surface area contributed by atoms with Crippen LogP contribution < -0.4 is 43.9 Å². The van der Waals surface area contributed by atoms with Crippen LogP contribution in [0, 0.1) is 0 Å². The number of methoxy groups -OCH3 is 4. The number of benzene rings is 4. The average Bonchev–Trinajstić information content (AvgIpc) is 3.98. The number of hydrogen-bond acceptors (Lipinski definition) is 24. The van der Waals surface area contributed by atoms with Crippen LogP contribution in [0.25, 0.3) is 20.4 Å². The highest BCUT2D eigenvalue weighted by atomic mass is 32.2. The molecule has 0 saturated heterocycles. The van der Waals surface area contributed by atoms with Crippen molar-refractivity contribution in [2.45, 2.75) is 42.6 Å². The van der Waals surface area contributed by atoms with Crippen LogP contribution in [0.15, 0.2) is 83.9 Å². The molecular formula is C44H52N13O11S5+. The van der Waals surface area contributed by atoms with Crippen molar-refractivity contribution < 1.29 is 54.6 Å². The molecule has 3 aromatic heterocycles. The predicted molar refractivity (Wildman–Crippen MR) is 281 cm³/mol. The standard InChI is InChI=1S/C44H51N13O11S5/c1-10-56(11-2)30-16-24(26(18-32(30)65-6)51-53-42-47-28-20-38(72(59,60)61)34(67-8)22-36(28)70-42)45-40-49-41(55(5)44(50-40)69-15-14-58)46-25-17-31(57(12-3)13-4)33(66-7)19-27(25)52-54-43-48-29-21-39(73(62,63)64)35(68-9)23-37(29)71-43/h16-23,58H,10-15H2,1-9H3,(H3,45,46,47,48,49,53,54,59,60,61,62,63,64)/p+1. The molecule has 0 spiro atoms. The summed E-state index contributed by atoms with van der Waals surface area (Å²) in [5.41, 5.74) is 3.44. The van der Waals surface area contributed by atoms with E-state index in [4.69, 9.17) is 28.9 Å². The first-order valence-electron chi connectivity index (χ1n) is 22.2. The number of aliphatic hydroxyl groups is 1. The van der Waals surface area contributed by atoms with E-state index in [0.29, 0.717) is 80.7 Å². The molecule has 0 amide bonds. The SMILES string of the molecule is CCN(CC)c1cc(Nc2nc(Nc3cc(N(CC)CC)c(OC)cc3N=Nc3nc4cc(S(=O)(=O)O)c(OC)cc4s3)[n+](C)c(SCCO)n2)c(N=Nc2nc3cc(S(=O)(=O)O)c(OC)cc3s2)cc1OC. The summed E-state index contributed by atoms with van der Waals surface area (Å²) in [4.78, 5) is 22.0. The molecule has 73 heavy (non-hydrogen) atoms. The maximum absolute atomic E-state index is 12.1. The van der Waals surface area contributed by atoms with Crippen molar-refractivity contribution in [3.8, 4) is 23.0 Å². The maximum Gasteiger partial charge on any atom is 0.357 e. The molecule has 0 atom stereocenters. The van der Waals surface area contributed by atoms with Gasteiger partial charge >= 0.3 is 11.9 Å². The summed E-state index contributed by atoms with van der Waals surface area (Å²) in [6.45, 7) is 10.5. The summed E-state index contributed by atoms with van der Waals surface area (Å²) in [7, 11) is -1.81. The summed E-state index contributed by atoms with van der Waals surface area (Å²) in [5, 5.41) is 35.6. The minimum Gasteiger partial charge on any atom is -0.495 e. The van der Waals surface area contributed by atoms with Crippen LogP contribution in [-0.4, -0.2) is 118 Å². The van der Waals surface area contributed by atoms with Crippen LogP contribution in [0.4, 0.5) is 56.3 Å². The predicted octanol–water partition coefficient (Wildman–Crippen LogP) is 9.14. The van der Waals surface area contributed by atoms with Crippen LogP contribution in [-0.2, 0) is 27.3 Å². The molecule has 0 unspecified atom stereocenters. The Balaban J connectivity index is 1.34. The van der Waals surface area contributed by atoms with Gasteiger partial charge in [-0.25, -0.2) is 14.5 Å². The lowest BCUT2D eigenvalue weighted by Gasteiger charge is -2.24. The molecule has 0 aliphatic heterocycles. The van der Waals surface area contributed by atoms with E-state index in [0.717, 1.165) is 34.0 Å². The number of aromatic nitrogens is 5. The van der Waals surface area contributed by atoms with Crippen molar-refractivity contribution in [3.63, 3.8) is 0 Å². The van der Waals surface area contributed by atoms with Crippen molar-refractivity contribution in [1.82, 2.24) is 19.9 Å². The lowest BCUT2D eigenvalue weighted by Crippen LogP contribution is -2.37. The third kappa shape index (κ3) is 12.1. The molecule has 7 aromatic rings. The monoisotopic (exact) mass is 1100 g/mol. The van der Waals surface area contributed by atoms with Gasteiger partial charge in [0.15, 0.2) is 0 Å². The zero-order chi connectivity index (χ0) is 52.8. The van der Waals surface area contributed by atoms with E-state index >= 15 is 0 Å². The van der Waals surface area contributed by atoms with Gasteiger partial charge in [-0.15, -0.1) is 20.5 Å². The van der Waals surface area contributed by atoms with Crippen molar-refractivity contribution in [3.05, 3.63) is 48.5 Å². The lowest BCUT2D eigenvalue weighted by molar-refractivity contribution is -0.701. The number of anilines is 6. The Morgan fingerprint density at radius 3 is 1.45 bits per heavy atom. The van der Waals surface area contributed by atoms with Gasteiger partial charge in [0.05, 0.1) is 79.6 Å². The first kappa shape index (κ1) is 54.2. The Morgan fingerprint density at radius 1 is 0.616 bits per heavy atom. The number of thiazole rings is 2. The molecular weight excluding hydrogens is 1050 g/mol. The van der Waals surface area contributed by atoms with Crippen LogP contribution in [0.2, 0.25) is 0 Å². The molecule has 29 heteroatoms. The second-order valence-corrected chi connectivity index (χ2v) is 21.1. The maximum atomic E-state index is 12.1. The first-order chi connectivity index (χ1) is 34.9. The summed E-state index contributed by atoms with van der Waals surface area (Å²) >= 11 is 3.53. The Hall–Kier alpha value is -6.60. The zero-order valence-electron chi connectivity index (χ0n) is 40.9. The third-order valence-electron chi connectivity index (χ3n) is 11.0. The molecule has 0 fully saturated rings. The Morgan fingerprint density at radius 2 is 1.05 bits per heavy atom. The molecule has 388 valence electrons. The second kappa shape index (κ2) is 23.1. The third-order valence-corrected chi connectivity index (χ3v) is 15.6. The van der Waals surface area contributed by atoms with E-state index in [9.17, 15) is 31.0 Å². The van der Waals surface area contributed by atoms with E-state index < -0.39 is 30.0 Å². The molecule has 24 nitrogen and oxygen atoms in total. The van der Waals surface area contributed by atoms with Gasteiger partial charge in [-0.2, -0.15) is 16.8 Å². The minimum atomic E-state index is -4.62. The van der Waals surface area contributed by atoms with Crippen LogP contribution in [0.5, 0.6) is 23.0 Å². The molecule has 4 aromatic carbocycles. The molecule has 0 radical (unpaired) electrons. The number of fused-ring (bicyclic) bond motifs is 2. The average molecular weight is 1100 g/mol. The quantitative estimate of drug-likeness (QED) is 0.0172. The fraction of sp³-hybridized carbons (Fsp3) is 0.341. The van der Waals surface area contributed by atoms with Gasteiger partial charge in [0, 0.05) is 62.3 Å². The first-order valence-corrected chi connectivity index (χ1v) is 27.7. The second-order valence-electron chi connectivity index (χ2n) is 15.2. The molecule has 3 heterocycles. The van der Waals surface area contributed by atoms with Crippen LogP contribution in [0.1, 0.15) is 27.7 Å². The normalized spacial score (nSPS) is 12.1. The van der Waals surface area contributed by atoms with E-state index in [2.05, 4.69) is 50.9 Å². The molecule has 7 rings (SSSR count). The van der Waals surface area contributed by atoms with E-state index in [1.165, 1.54) is 50.2 Å². The van der Waals surface area contributed by atoms with Gasteiger partial charge < -0.3 is 39.2 Å². The van der Waals surface area contributed by atoms with Crippen molar-refractivity contribution in [2.24, 2.45) is 27.5 Å². The fourth-order valence-electron chi connectivity index (χ4n) is 7.41. The number of nitrogens with one attached hydrogen (secondary N) is 2. The van der Waals surface area contributed by atoms with Crippen LogP contribution in [0.3, 0.4) is 0 Å². The van der Waals surface area contributed by atoms with Gasteiger partial charge in [0.25, 0.3) is 25.4 Å². The molecule has 0 saturated carbocycles. The molecule has 0 aliphatic rings. The van der Waals surface area contributed by atoms with Gasteiger partial charge in [-0.3, -0.25) is 14.4 Å². The van der Waals surface area contributed by atoms with E-state index in [-0.39, 0.29) is 51.3 Å². The van der Waals surface area contributed by atoms with Crippen molar-refractivity contribution >= 4 is 131 Å². The molecule has 0 aliphatic carbocycles. The number of thioether (sulfide) groups is 1. The van der Waals surface area contributed by atoms with Gasteiger partial charge in [-0.05, 0) is 45.9 Å². The Labute approximate surface area is 432 Å². The Bertz CT molecular complexity index is 3460. The smallest absolute Gasteiger partial charge is 0.357 e. The summed E-state index contributed by atoms with van der Waals surface area (Å²) < 4.78 is 93.1. The number of nitrogens with zero attached hydrogens (tertiary/aromatic N) is 11. The van der Waals surface area contributed by atoms with Gasteiger partial charge in [-0.1, -0.05) is 44.4 Å². The van der Waals surface area contributed by atoms with E-state index in [1.807, 2.05) is 39.8 Å². The highest BCUT2D eigenvalue weighted by molar-refractivity contribution is 7.99. The summed E-state index contributed by atoms with van der Waals surface area (Å²) in [5.74, 6) is 1.58. The zero-order valence-corrected chi connectivity index (χ0v) is 45.0. The summed E-state index contributed by atoms with van der Waals surface area (Å²) in [6.07, 6.45) is 0. The number of azo groups is 2. The molecule has 0 bridgehead atoms. The van der Waals surface area contributed by atoms with Crippen LogP contribution >= 0.6 is 34.4 Å². The molecule has 5 N–H and O–H groups in total. The van der Waals surface area contributed by atoms with E-state index in [1.54, 1.807) is 38.0 Å². The number of rotatable bonds is 23. The number of aliphatic hydroxyl groups excluding tert-OH is 1. The van der Waals surface area contributed by atoms with Crippen molar-refractivity contribution in [2.75, 3.05) is 87.4 Å². The van der Waals surface area contributed by atoms with Crippen molar-refractivity contribution in [1.29, 1.82) is 0 Å². The Kier molecular flexibility index (Phi) is 17.1. The minimum absolute atomic E-state index is 0.0577. The highest BCUT2D eigenvalue weighted by Gasteiger charge is 2.26. The number of hydrogen-bond donors (Lipinski definition) is 5. The number of ether oxygens (including phenoxy) is 4. The fourth-order valence-corrected chi connectivity index (χ4v) is 11.0. The largest absolute Gasteiger partial charge is 0.495 e. The van der Waals surface area contributed by atoms with Gasteiger partial charge in [0.2, 0.25) is 10.3 Å². The topological polar surface area (TPSA) is 301 Å². The van der Waals surface area contributed by atoms with Gasteiger partial charge in [0.1, 0.15) is 49.9 Å². The lowest BCUT2D eigenvalue weighted by atomic mass is 10.2.